The Kier molecular flexibility index (Phi) is 8.11. The Morgan fingerprint density at radius 2 is 1.84 bits per heavy atom. The molecule has 1 rings (SSSR count). The van der Waals surface area contributed by atoms with Crippen molar-refractivity contribution in [2.24, 2.45) is 5.92 Å². The van der Waals surface area contributed by atoms with E-state index < -0.39 is 0 Å². The number of ether oxygens (including phenoxy) is 1. The summed E-state index contributed by atoms with van der Waals surface area (Å²) in [5.41, 5.74) is 1.32. The third-order valence-corrected chi connectivity index (χ3v) is 3.12. The lowest BCUT2D eigenvalue weighted by Crippen LogP contribution is -2.29. The molecule has 0 aliphatic carbocycles. The SMILES string of the molecule is CC(C)COCCCNC(C)Cc1ccc(Cl)cc1. The van der Waals surface area contributed by atoms with E-state index in [1.54, 1.807) is 0 Å². The Balaban J connectivity index is 2.08. The van der Waals surface area contributed by atoms with E-state index in [4.69, 9.17) is 16.3 Å². The lowest BCUT2D eigenvalue weighted by Gasteiger charge is -2.14. The number of halogens is 1. The highest BCUT2D eigenvalue weighted by Gasteiger charge is 2.02. The van der Waals surface area contributed by atoms with Crippen molar-refractivity contribution < 1.29 is 4.74 Å². The Hall–Kier alpha value is -0.570. The van der Waals surface area contributed by atoms with E-state index in [9.17, 15) is 0 Å². The van der Waals surface area contributed by atoms with Crippen molar-refractivity contribution in [3.63, 3.8) is 0 Å². The maximum absolute atomic E-state index is 5.87. The number of rotatable bonds is 9. The molecule has 0 saturated heterocycles. The molecular weight excluding hydrogens is 258 g/mol. The van der Waals surface area contributed by atoms with Crippen molar-refractivity contribution in [2.45, 2.75) is 39.7 Å². The van der Waals surface area contributed by atoms with Gasteiger partial charge >= 0.3 is 0 Å². The molecular formula is C16H26ClNO. The van der Waals surface area contributed by atoms with Crippen LogP contribution in [0.25, 0.3) is 0 Å². The molecule has 108 valence electrons. The molecule has 1 aromatic carbocycles. The van der Waals surface area contributed by atoms with Crippen LogP contribution >= 0.6 is 11.6 Å². The zero-order chi connectivity index (χ0) is 14.1. The van der Waals surface area contributed by atoms with Crippen molar-refractivity contribution in [1.29, 1.82) is 0 Å². The minimum absolute atomic E-state index is 0.478. The van der Waals surface area contributed by atoms with Gasteiger partial charge in [-0.1, -0.05) is 37.6 Å². The van der Waals surface area contributed by atoms with Crippen LogP contribution in [0.5, 0.6) is 0 Å². The smallest absolute Gasteiger partial charge is 0.0489 e. The van der Waals surface area contributed by atoms with E-state index in [0.717, 1.165) is 37.6 Å². The van der Waals surface area contributed by atoms with E-state index in [1.165, 1.54) is 5.56 Å². The van der Waals surface area contributed by atoms with Gasteiger partial charge in [-0.2, -0.15) is 0 Å². The molecule has 0 fully saturated rings. The first-order valence-corrected chi connectivity index (χ1v) is 7.51. The van der Waals surface area contributed by atoms with Crippen molar-refractivity contribution in [3.8, 4) is 0 Å². The summed E-state index contributed by atoms with van der Waals surface area (Å²) in [6, 6.07) is 8.55. The fraction of sp³-hybridized carbons (Fsp3) is 0.625. The van der Waals surface area contributed by atoms with Crippen LogP contribution in [0.15, 0.2) is 24.3 Å². The molecule has 0 amide bonds. The summed E-state index contributed by atoms with van der Waals surface area (Å²) in [4.78, 5) is 0. The molecule has 1 aromatic rings. The van der Waals surface area contributed by atoms with Gasteiger partial charge in [-0.05, 0) is 49.9 Å². The zero-order valence-corrected chi connectivity index (χ0v) is 13.0. The molecule has 2 nitrogen and oxygen atoms in total. The normalized spacial score (nSPS) is 12.9. The van der Waals surface area contributed by atoms with E-state index in [-0.39, 0.29) is 0 Å². The van der Waals surface area contributed by atoms with Gasteiger partial charge in [0.25, 0.3) is 0 Å². The van der Waals surface area contributed by atoms with Crippen LogP contribution in [0.3, 0.4) is 0 Å². The van der Waals surface area contributed by atoms with Crippen molar-refractivity contribution >= 4 is 11.6 Å². The number of benzene rings is 1. The van der Waals surface area contributed by atoms with Gasteiger partial charge in [0.05, 0.1) is 0 Å². The van der Waals surface area contributed by atoms with Gasteiger partial charge in [0, 0.05) is 24.3 Å². The average molecular weight is 284 g/mol. The first-order valence-electron chi connectivity index (χ1n) is 7.13. The summed E-state index contributed by atoms with van der Waals surface area (Å²) < 4.78 is 5.55. The molecule has 0 radical (unpaired) electrons. The number of hydrogen-bond donors (Lipinski definition) is 1. The molecule has 0 aromatic heterocycles. The second-order valence-electron chi connectivity index (χ2n) is 5.51. The second-order valence-corrected chi connectivity index (χ2v) is 5.94. The Morgan fingerprint density at radius 3 is 2.47 bits per heavy atom. The molecule has 1 atom stereocenters. The second kappa shape index (κ2) is 9.35. The van der Waals surface area contributed by atoms with Crippen LogP contribution in [0.4, 0.5) is 0 Å². The minimum atomic E-state index is 0.478. The van der Waals surface area contributed by atoms with Gasteiger partial charge in [-0.25, -0.2) is 0 Å². The monoisotopic (exact) mass is 283 g/mol. The van der Waals surface area contributed by atoms with Crippen LogP contribution in [-0.2, 0) is 11.2 Å². The third kappa shape index (κ3) is 8.25. The van der Waals surface area contributed by atoms with Crippen LogP contribution in [0.1, 0.15) is 32.8 Å². The Morgan fingerprint density at radius 1 is 1.16 bits per heavy atom. The van der Waals surface area contributed by atoms with Gasteiger partial charge in [0.2, 0.25) is 0 Å². The number of nitrogens with one attached hydrogen (secondary N) is 1. The molecule has 0 bridgehead atoms. The summed E-state index contributed by atoms with van der Waals surface area (Å²) in [5, 5.41) is 4.32. The maximum atomic E-state index is 5.87. The minimum Gasteiger partial charge on any atom is -0.381 e. The van der Waals surface area contributed by atoms with Crippen molar-refractivity contribution in [1.82, 2.24) is 5.32 Å². The zero-order valence-electron chi connectivity index (χ0n) is 12.3. The molecule has 0 aliphatic heterocycles. The fourth-order valence-electron chi connectivity index (χ4n) is 1.89. The highest BCUT2D eigenvalue weighted by molar-refractivity contribution is 6.30. The van der Waals surface area contributed by atoms with Gasteiger partial charge in [0.15, 0.2) is 0 Å². The van der Waals surface area contributed by atoms with E-state index in [0.29, 0.717) is 12.0 Å². The largest absolute Gasteiger partial charge is 0.381 e. The van der Waals surface area contributed by atoms with Gasteiger partial charge in [0.1, 0.15) is 0 Å². The number of hydrogen-bond acceptors (Lipinski definition) is 2. The van der Waals surface area contributed by atoms with Crippen LogP contribution < -0.4 is 5.32 Å². The molecule has 0 aliphatic rings. The van der Waals surface area contributed by atoms with Gasteiger partial charge in [-0.3, -0.25) is 0 Å². The first-order chi connectivity index (χ1) is 9.08. The lowest BCUT2D eigenvalue weighted by molar-refractivity contribution is 0.107. The molecule has 1 N–H and O–H groups in total. The maximum Gasteiger partial charge on any atom is 0.0489 e. The highest BCUT2D eigenvalue weighted by atomic mass is 35.5. The molecule has 0 heterocycles. The quantitative estimate of drug-likeness (QED) is 0.694. The summed E-state index contributed by atoms with van der Waals surface area (Å²) in [6.45, 7) is 9.27. The predicted octanol–water partition coefficient (Wildman–Crippen LogP) is 3.92. The van der Waals surface area contributed by atoms with E-state index in [1.807, 2.05) is 12.1 Å². The first kappa shape index (κ1) is 16.5. The van der Waals surface area contributed by atoms with Crippen LogP contribution in [0, 0.1) is 5.92 Å². The molecule has 19 heavy (non-hydrogen) atoms. The average Bonchev–Trinajstić information content (AvgIpc) is 2.36. The summed E-state index contributed by atoms with van der Waals surface area (Å²) in [7, 11) is 0. The van der Waals surface area contributed by atoms with Crippen LogP contribution in [0.2, 0.25) is 5.02 Å². The fourth-order valence-corrected chi connectivity index (χ4v) is 2.01. The molecule has 0 spiro atoms. The van der Waals surface area contributed by atoms with E-state index in [2.05, 4.69) is 38.2 Å². The summed E-state index contributed by atoms with van der Waals surface area (Å²) in [5.74, 6) is 0.622. The summed E-state index contributed by atoms with van der Waals surface area (Å²) in [6.07, 6.45) is 2.10. The Bertz CT molecular complexity index is 337. The lowest BCUT2D eigenvalue weighted by atomic mass is 10.1. The molecule has 3 heteroatoms. The molecule has 0 saturated carbocycles. The van der Waals surface area contributed by atoms with Gasteiger partial charge < -0.3 is 10.1 Å². The standard InChI is InChI=1S/C16H26ClNO/c1-13(2)12-19-10-4-9-18-14(3)11-15-5-7-16(17)8-6-15/h5-8,13-14,18H,4,9-12H2,1-3H3. The van der Waals surface area contributed by atoms with E-state index >= 15 is 0 Å². The third-order valence-electron chi connectivity index (χ3n) is 2.86. The Labute approximate surface area is 122 Å². The van der Waals surface area contributed by atoms with Crippen molar-refractivity contribution in [3.05, 3.63) is 34.9 Å². The summed E-state index contributed by atoms with van der Waals surface area (Å²) >= 11 is 5.87. The van der Waals surface area contributed by atoms with Crippen LogP contribution in [-0.4, -0.2) is 25.8 Å². The van der Waals surface area contributed by atoms with Gasteiger partial charge in [-0.15, -0.1) is 0 Å². The molecule has 1 unspecified atom stereocenters. The topological polar surface area (TPSA) is 21.3 Å². The van der Waals surface area contributed by atoms with Crippen molar-refractivity contribution in [2.75, 3.05) is 19.8 Å². The predicted molar refractivity (Wildman–Crippen MR) is 82.9 cm³/mol. The highest BCUT2D eigenvalue weighted by Crippen LogP contribution is 2.10.